The molecule has 0 aromatic carbocycles. The van der Waals surface area contributed by atoms with Crippen molar-refractivity contribution < 1.29 is 9.59 Å². The van der Waals surface area contributed by atoms with Crippen LogP contribution in [0.25, 0.3) is 0 Å². The van der Waals surface area contributed by atoms with Crippen LogP contribution >= 0.6 is 0 Å². The van der Waals surface area contributed by atoms with E-state index in [0.29, 0.717) is 18.8 Å². The molecule has 2 amide bonds. The Bertz CT molecular complexity index is 493. The van der Waals surface area contributed by atoms with Gasteiger partial charge < -0.3 is 15.5 Å². The smallest absolute Gasteiger partial charge is 0.272 e. The molecule has 2 heterocycles. The van der Waals surface area contributed by atoms with Crippen LogP contribution in [0.1, 0.15) is 24.3 Å². The van der Waals surface area contributed by atoms with Gasteiger partial charge in [-0.3, -0.25) is 14.7 Å². The van der Waals surface area contributed by atoms with Gasteiger partial charge in [0.05, 0.1) is 0 Å². The summed E-state index contributed by atoms with van der Waals surface area (Å²) in [7, 11) is 1.74. The van der Waals surface area contributed by atoms with Gasteiger partial charge in [-0.25, -0.2) is 0 Å². The zero-order valence-corrected chi connectivity index (χ0v) is 10.7. The number of likely N-dealkylation sites (N-methyl/N-ethyl adjacent to an activating group) is 1. The fraction of sp³-hybridized carbons (Fsp3) is 0.545. The van der Waals surface area contributed by atoms with Crippen molar-refractivity contribution in [3.63, 3.8) is 0 Å². The number of nitrogens with zero attached hydrogens (tertiary/aromatic N) is 3. The summed E-state index contributed by atoms with van der Waals surface area (Å²) < 4.78 is 0. The Kier molecular flexibility index (Phi) is 2.76. The standard InChI is InChI=1S/C11H17N5O2/c1-11(2)10(18)15(3)4-5-16(11)9(17)7-6-8(12)14-13-7/h6H,4-5H2,1-3H3,(H3,12,13,14). The Balaban J connectivity index is 2.28. The highest BCUT2D eigenvalue weighted by Crippen LogP contribution is 2.23. The quantitative estimate of drug-likeness (QED) is 0.715. The Morgan fingerprint density at radius 1 is 1.50 bits per heavy atom. The zero-order valence-electron chi connectivity index (χ0n) is 10.7. The van der Waals surface area contributed by atoms with E-state index in [1.165, 1.54) is 6.07 Å². The summed E-state index contributed by atoms with van der Waals surface area (Å²) in [6, 6.07) is 1.47. The SMILES string of the molecule is CN1CCN(C(=O)c2cc(N)n[nH]2)C(C)(C)C1=O. The Hall–Kier alpha value is -2.05. The molecule has 1 aliphatic rings. The number of rotatable bonds is 1. The topological polar surface area (TPSA) is 95.3 Å². The molecule has 0 spiro atoms. The summed E-state index contributed by atoms with van der Waals surface area (Å²) in [6.45, 7) is 4.50. The van der Waals surface area contributed by atoms with Gasteiger partial charge in [0.25, 0.3) is 5.91 Å². The van der Waals surface area contributed by atoms with Crippen LogP contribution in [0.4, 0.5) is 5.82 Å². The van der Waals surface area contributed by atoms with Crippen LogP contribution in [-0.2, 0) is 4.79 Å². The predicted molar refractivity (Wildman–Crippen MR) is 65.8 cm³/mol. The van der Waals surface area contributed by atoms with Gasteiger partial charge in [0.2, 0.25) is 5.91 Å². The van der Waals surface area contributed by atoms with Crippen LogP contribution < -0.4 is 5.73 Å². The minimum atomic E-state index is -0.857. The molecule has 18 heavy (non-hydrogen) atoms. The molecule has 7 nitrogen and oxygen atoms in total. The minimum Gasteiger partial charge on any atom is -0.382 e. The predicted octanol–water partition coefficient (Wildman–Crippen LogP) is -0.315. The molecule has 1 aliphatic heterocycles. The van der Waals surface area contributed by atoms with E-state index in [1.54, 1.807) is 30.7 Å². The highest BCUT2D eigenvalue weighted by atomic mass is 16.2. The molecule has 0 aliphatic carbocycles. The van der Waals surface area contributed by atoms with E-state index in [2.05, 4.69) is 10.2 Å². The third-order valence-corrected chi connectivity index (χ3v) is 3.28. The molecule has 1 saturated heterocycles. The lowest BCUT2D eigenvalue weighted by molar-refractivity contribution is -0.144. The van der Waals surface area contributed by atoms with Gasteiger partial charge in [-0.05, 0) is 13.8 Å². The van der Waals surface area contributed by atoms with E-state index in [-0.39, 0.29) is 17.6 Å². The first kappa shape index (κ1) is 12.4. The summed E-state index contributed by atoms with van der Waals surface area (Å²) in [5.41, 5.74) is 4.92. The molecule has 1 aromatic rings. The molecule has 0 saturated carbocycles. The minimum absolute atomic E-state index is 0.0745. The number of anilines is 1. The molecular formula is C11H17N5O2. The van der Waals surface area contributed by atoms with Crippen molar-refractivity contribution in [2.24, 2.45) is 0 Å². The second-order valence-corrected chi connectivity index (χ2v) is 4.95. The van der Waals surface area contributed by atoms with Crippen molar-refractivity contribution in [3.05, 3.63) is 11.8 Å². The lowest BCUT2D eigenvalue weighted by Gasteiger charge is -2.44. The fourth-order valence-corrected chi connectivity index (χ4v) is 2.16. The number of carbonyl (C=O) groups excluding carboxylic acids is 2. The third kappa shape index (κ3) is 1.81. The van der Waals surface area contributed by atoms with Crippen molar-refractivity contribution in [1.82, 2.24) is 20.0 Å². The number of nitrogens with two attached hydrogens (primary N) is 1. The van der Waals surface area contributed by atoms with Gasteiger partial charge in [-0.1, -0.05) is 0 Å². The van der Waals surface area contributed by atoms with Gasteiger partial charge >= 0.3 is 0 Å². The van der Waals surface area contributed by atoms with E-state index < -0.39 is 5.54 Å². The van der Waals surface area contributed by atoms with Gasteiger partial charge in [-0.2, -0.15) is 5.10 Å². The first-order valence-corrected chi connectivity index (χ1v) is 5.72. The molecule has 0 bridgehead atoms. The third-order valence-electron chi connectivity index (χ3n) is 3.28. The number of amides is 2. The number of piperazine rings is 1. The molecule has 0 atom stereocenters. The van der Waals surface area contributed by atoms with Crippen LogP contribution in [0.5, 0.6) is 0 Å². The average molecular weight is 251 g/mol. The number of nitrogens with one attached hydrogen (secondary N) is 1. The van der Waals surface area contributed by atoms with Gasteiger partial charge in [0.15, 0.2) is 0 Å². The maximum atomic E-state index is 12.3. The van der Waals surface area contributed by atoms with Gasteiger partial charge in [0, 0.05) is 26.2 Å². The normalized spacial score (nSPS) is 19.2. The van der Waals surface area contributed by atoms with Crippen molar-refractivity contribution in [3.8, 4) is 0 Å². The molecule has 7 heteroatoms. The van der Waals surface area contributed by atoms with Crippen molar-refractivity contribution in [1.29, 1.82) is 0 Å². The number of hydrogen-bond acceptors (Lipinski definition) is 4. The Morgan fingerprint density at radius 2 is 2.17 bits per heavy atom. The largest absolute Gasteiger partial charge is 0.382 e. The van der Waals surface area contributed by atoms with E-state index in [9.17, 15) is 9.59 Å². The molecule has 0 unspecified atom stereocenters. The number of nitrogen functional groups attached to an aromatic ring is 1. The summed E-state index contributed by atoms with van der Waals surface area (Å²) in [5, 5.41) is 6.30. The number of aromatic nitrogens is 2. The first-order valence-electron chi connectivity index (χ1n) is 5.72. The summed E-state index contributed by atoms with van der Waals surface area (Å²) in [4.78, 5) is 27.6. The number of aromatic amines is 1. The highest BCUT2D eigenvalue weighted by molar-refractivity contribution is 5.98. The number of H-pyrrole nitrogens is 1. The van der Waals surface area contributed by atoms with Gasteiger partial charge in [0.1, 0.15) is 17.1 Å². The number of hydrogen-bond donors (Lipinski definition) is 2. The van der Waals surface area contributed by atoms with Crippen molar-refractivity contribution in [2.75, 3.05) is 25.9 Å². The maximum absolute atomic E-state index is 12.3. The molecule has 0 radical (unpaired) electrons. The Morgan fingerprint density at radius 3 is 2.72 bits per heavy atom. The van der Waals surface area contributed by atoms with Crippen LogP contribution in [0.15, 0.2) is 6.07 Å². The monoisotopic (exact) mass is 251 g/mol. The molecule has 1 fully saturated rings. The maximum Gasteiger partial charge on any atom is 0.272 e. The molecular weight excluding hydrogens is 234 g/mol. The lowest BCUT2D eigenvalue weighted by Crippen LogP contribution is -2.63. The number of carbonyl (C=O) groups is 2. The first-order chi connectivity index (χ1) is 8.34. The highest BCUT2D eigenvalue weighted by Gasteiger charge is 2.43. The lowest BCUT2D eigenvalue weighted by atomic mass is 9.97. The van der Waals surface area contributed by atoms with Crippen molar-refractivity contribution >= 4 is 17.6 Å². The molecule has 2 rings (SSSR count). The van der Waals surface area contributed by atoms with Crippen LogP contribution in [0.2, 0.25) is 0 Å². The average Bonchev–Trinajstić information content (AvgIpc) is 2.72. The van der Waals surface area contributed by atoms with Gasteiger partial charge in [-0.15, -0.1) is 0 Å². The van der Waals surface area contributed by atoms with Crippen LogP contribution in [0.3, 0.4) is 0 Å². The van der Waals surface area contributed by atoms with E-state index in [1.807, 2.05) is 0 Å². The molecule has 98 valence electrons. The summed E-state index contributed by atoms with van der Waals surface area (Å²) in [5.74, 6) is -0.0724. The van der Waals surface area contributed by atoms with E-state index in [0.717, 1.165) is 0 Å². The Labute approximate surface area is 105 Å². The molecule has 1 aromatic heterocycles. The zero-order chi connectivity index (χ0) is 13.5. The van der Waals surface area contributed by atoms with Crippen LogP contribution in [0, 0.1) is 0 Å². The van der Waals surface area contributed by atoms with E-state index in [4.69, 9.17) is 5.73 Å². The van der Waals surface area contributed by atoms with E-state index >= 15 is 0 Å². The second-order valence-electron chi connectivity index (χ2n) is 4.95. The molecule has 3 N–H and O–H groups in total. The second kappa shape index (κ2) is 4.01. The fourth-order valence-electron chi connectivity index (χ4n) is 2.16. The summed E-state index contributed by atoms with van der Waals surface area (Å²) in [6.07, 6.45) is 0. The van der Waals surface area contributed by atoms with Crippen molar-refractivity contribution in [2.45, 2.75) is 19.4 Å². The van der Waals surface area contributed by atoms with Crippen LogP contribution in [-0.4, -0.2) is 57.5 Å². The summed E-state index contributed by atoms with van der Waals surface area (Å²) >= 11 is 0.